The number of piperidine rings is 1. The molecule has 0 aromatic carbocycles. The molecule has 144 valence electrons. The van der Waals surface area contributed by atoms with Crippen LogP contribution in [0.3, 0.4) is 0 Å². The lowest BCUT2D eigenvalue weighted by Gasteiger charge is -2.33. The number of hydrogen-bond donors (Lipinski definition) is 1. The van der Waals surface area contributed by atoms with Crippen molar-refractivity contribution in [3.05, 3.63) is 23.9 Å². The van der Waals surface area contributed by atoms with E-state index in [1.165, 1.54) is 18.4 Å². The number of nitrogens with zero attached hydrogens (tertiary/aromatic N) is 5. The first-order valence-corrected chi connectivity index (χ1v) is 10.1. The second-order valence-electron chi connectivity index (χ2n) is 7.65. The molecule has 0 bridgehead atoms. The lowest BCUT2D eigenvalue weighted by atomic mass is 10.00. The van der Waals surface area contributed by atoms with Gasteiger partial charge < -0.3 is 20.0 Å². The van der Waals surface area contributed by atoms with Gasteiger partial charge in [0, 0.05) is 52.0 Å². The van der Waals surface area contributed by atoms with Crippen LogP contribution in [0, 0.1) is 5.92 Å². The Morgan fingerprint density at radius 3 is 2.62 bits per heavy atom. The van der Waals surface area contributed by atoms with Gasteiger partial charge in [-0.2, -0.15) is 0 Å². The van der Waals surface area contributed by atoms with E-state index in [0.29, 0.717) is 6.54 Å². The fraction of sp³-hybridized carbons (Fsp3) is 0.700. The van der Waals surface area contributed by atoms with E-state index in [9.17, 15) is 0 Å². The first-order valence-electron chi connectivity index (χ1n) is 10.1. The molecular formula is C20H34N6. The average Bonchev–Trinajstić information content (AvgIpc) is 2.67. The van der Waals surface area contributed by atoms with E-state index < -0.39 is 0 Å². The fourth-order valence-corrected chi connectivity index (χ4v) is 3.58. The molecule has 2 aliphatic heterocycles. The Kier molecular flexibility index (Phi) is 6.72. The van der Waals surface area contributed by atoms with Crippen LogP contribution in [0.2, 0.25) is 0 Å². The molecule has 1 aromatic rings. The van der Waals surface area contributed by atoms with Gasteiger partial charge in [-0.05, 0) is 50.4 Å². The van der Waals surface area contributed by atoms with Crippen LogP contribution in [-0.4, -0.2) is 73.6 Å². The fourth-order valence-electron chi connectivity index (χ4n) is 3.58. The molecule has 0 spiro atoms. The van der Waals surface area contributed by atoms with Gasteiger partial charge in [0.1, 0.15) is 5.82 Å². The third kappa shape index (κ3) is 5.10. The third-order valence-electron chi connectivity index (χ3n) is 5.47. The zero-order valence-electron chi connectivity index (χ0n) is 16.6. The smallest absolute Gasteiger partial charge is 0.194 e. The maximum absolute atomic E-state index is 4.91. The van der Waals surface area contributed by atoms with E-state index in [2.05, 4.69) is 58.0 Å². The van der Waals surface area contributed by atoms with E-state index in [1.807, 2.05) is 6.20 Å². The third-order valence-corrected chi connectivity index (χ3v) is 5.47. The predicted octanol–water partition coefficient (Wildman–Crippen LogP) is 2.03. The van der Waals surface area contributed by atoms with Crippen LogP contribution in [0.25, 0.3) is 0 Å². The number of anilines is 1. The molecule has 2 fully saturated rings. The molecule has 0 saturated carbocycles. The molecule has 0 radical (unpaired) electrons. The predicted molar refractivity (Wildman–Crippen MR) is 109 cm³/mol. The molecular weight excluding hydrogens is 324 g/mol. The van der Waals surface area contributed by atoms with Crippen molar-refractivity contribution in [3.63, 3.8) is 0 Å². The molecule has 6 heteroatoms. The number of piperazine rings is 1. The van der Waals surface area contributed by atoms with Crippen LogP contribution >= 0.6 is 0 Å². The van der Waals surface area contributed by atoms with E-state index in [1.54, 1.807) is 0 Å². The highest BCUT2D eigenvalue weighted by Crippen LogP contribution is 2.17. The second-order valence-corrected chi connectivity index (χ2v) is 7.65. The molecule has 0 atom stereocenters. The summed E-state index contributed by atoms with van der Waals surface area (Å²) in [7, 11) is 2.18. The van der Waals surface area contributed by atoms with Gasteiger partial charge in [0.25, 0.3) is 0 Å². The first kappa shape index (κ1) is 19.0. The number of likely N-dealkylation sites (N-methyl/N-ethyl adjacent to an activating group) is 1. The monoisotopic (exact) mass is 358 g/mol. The summed E-state index contributed by atoms with van der Waals surface area (Å²) >= 11 is 0. The summed E-state index contributed by atoms with van der Waals surface area (Å²) in [6.07, 6.45) is 4.44. The molecule has 0 unspecified atom stereocenters. The zero-order valence-corrected chi connectivity index (χ0v) is 16.6. The normalized spacial score (nSPS) is 20.5. The summed E-state index contributed by atoms with van der Waals surface area (Å²) in [5.74, 6) is 2.97. The maximum Gasteiger partial charge on any atom is 0.194 e. The van der Waals surface area contributed by atoms with Crippen molar-refractivity contribution in [3.8, 4) is 0 Å². The molecule has 0 aliphatic carbocycles. The number of guanidine groups is 1. The molecule has 26 heavy (non-hydrogen) atoms. The highest BCUT2D eigenvalue weighted by atomic mass is 15.3. The highest BCUT2D eigenvalue weighted by Gasteiger charge is 2.19. The van der Waals surface area contributed by atoms with Crippen molar-refractivity contribution in [2.45, 2.75) is 33.2 Å². The van der Waals surface area contributed by atoms with Crippen molar-refractivity contribution < 1.29 is 0 Å². The minimum atomic E-state index is 0.706. The van der Waals surface area contributed by atoms with Crippen LogP contribution in [0.1, 0.15) is 32.3 Å². The number of likely N-dealkylation sites (tertiary alicyclic amines) is 1. The number of pyridine rings is 1. The van der Waals surface area contributed by atoms with Gasteiger partial charge in [-0.3, -0.25) is 0 Å². The summed E-state index contributed by atoms with van der Waals surface area (Å²) in [4.78, 5) is 16.6. The van der Waals surface area contributed by atoms with Gasteiger partial charge in [0.15, 0.2) is 5.96 Å². The van der Waals surface area contributed by atoms with Crippen molar-refractivity contribution in [1.29, 1.82) is 0 Å². The minimum Gasteiger partial charge on any atom is -0.357 e. The van der Waals surface area contributed by atoms with Crippen LogP contribution in [0.15, 0.2) is 23.3 Å². The topological polar surface area (TPSA) is 47.0 Å². The SMILES string of the molecule is CCNC(=NCc1ccnc(N2CCN(C)CC2)c1)N1CCC(C)CC1. The van der Waals surface area contributed by atoms with Crippen LogP contribution < -0.4 is 10.2 Å². The molecule has 1 N–H and O–H groups in total. The molecule has 3 rings (SSSR count). The second kappa shape index (κ2) is 9.21. The Balaban J connectivity index is 1.64. The summed E-state index contributed by atoms with van der Waals surface area (Å²) in [6.45, 7) is 12.6. The molecule has 2 saturated heterocycles. The van der Waals surface area contributed by atoms with Gasteiger partial charge in [0.05, 0.1) is 6.54 Å². The highest BCUT2D eigenvalue weighted by molar-refractivity contribution is 5.80. The largest absolute Gasteiger partial charge is 0.357 e. The Morgan fingerprint density at radius 2 is 1.92 bits per heavy atom. The lowest BCUT2D eigenvalue weighted by Crippen LogP contribution is -2.45. The molecule has 2 aliphatic rings. The van der Waals surface area contributed by atoms with E-state index in [0.717, 1.165) is 63.5 Å². The van der Waals surface area contributed by atoms with Crippen LogP contribution in [0.4, 0.5) is 5.82 Å². The molecule has 1 aromatic heterocycles. The first-order chi connectivity index (χ1) is 12.7. The maximum atomic E-state index is 4.91. The number of aromatic nitrogens is 1. The Bertz CT molecular complexity index is 586. The molecule has 0 amide bonds. The van der Waals surface area contributed by atoms with Crippen molar-refractivity contribution >= 4 is 11.8 Å². The van der Waals surface area contributed by atoms with Gasteiger partial charge in [-0.25, -0.2) is 9.98 Å². The number of nitrogens with one attached hydrogen (secondary N) is 1. The Hall–Kier alpha value is -1.82. The van der Waals surface area contributed by atoms with Crippen molar-refractivity contribution in [2.75, 3.05) is 57.8 Å². The molecule has 3 heterocycles. The number of aliphatic imine (C=N–C) groups is 1. The van der Waals surface area contributed by atoms with Gasteiger partial charge in [-0.15, -0.1) is 0 Å². The van der Waals surface area contributed by atoms with Crippen molar-refractivity contribution in [2.24, 2.45) is 10.9 Å². The van der Waals surface area contributed by atoms with E-state index >= 15 is 0 Å². The van der Waals surface area contributed by atoms with Crippen molar-refractivity contribution in [1.82, 2.24) is 20.1 Å². The van der Waals surface area contributed by atoms with Crippen LogP contribution in [0.5, 0.6) is 0 Å². The minimum absolute atomic E-state index is 0.706. The van der Waals surface area contributed by atoms with Gasteiger partial charge in [0.2, 0.25) is 0 Å². The number of hydrogen-bond acceptors (Lipinski definition) is 4. The quantitative estimate of drug-likeness (QED) is 0.659. The Labute approximate surface area is 158 Å². The summed E-state index contributed by atoms with van der Waals surface area (Å²) in [5, 5.41) is 3.46. The van der Waals surface area contributed by atoms with Gasteiger partial charge >= 0.3 is 0 Å². The van der Waals surface area contributed by atoms with Gasteiger partial charge in [-0.1, -0.05) is 6.92 Å². The van der Waals surface area contributed by atoms with E-state index in [-0.39, 0.29) is 0 Å². The Morgan fingerprint density at radius 1 is 1.19 bits per heavy atom. The standard InChI is InChI=1S/C20H34N6/c1-4-21-20(26-9-6-17(2)7-10-26)23-16-18-5-8-22-19(15-18)25-13-11-24(3)12-14-25/h5,8,15,17H,4,6-7,9-14,16H2,1-3H3,(H,21,23). The number of rotatable bonds is 4. The van der Waals surface area contributed by atoms with E-state index in [4.69, 9.17) is 4.99 Å². The summed E-state index contributed by atoms with van der Waals surface area (Å²) in [5.41, 5.74) is 1.23. The summed E-state index contributed by atoms with van der Waals surface area (Å²) in [6, 6.07) is 4.29. The van der Waals surface area contributed by atoms with Crippen LogP contribution in [-0.2, 0) is 6.54 Å². The zero-order chi connectivity index (χ0) is 18.4. The average molecular weight is 359 g/mol. The summed E-state index contributed by atoms with van der Waals surface area (Å²) < 4.78 is 0. The molecule has 6 nitrogen and oxygen atoms in total. The lowest BCUT2D eigenvalue weighted by molar-refractivity contribution is 0.273.